The summed E-state index contributed by atoms with van der Waals surface area (Å²) in [6.45, 7) is 2.09. The maximum absolute atomic E-state index is 11.4. The number of nitrogens with zero attached hydrogens (tertiary/aromatic N) is 2. The summed E-state index contributed by atoms with van der Waals surface area (Å²) in [4.78, 5) is 13.8. The highest BCUT2D eigenvalue weighted by molar-refractivity contribution is 5.94. The summed E-state index contributed by atoms with van der Waals surface area (Å²) in [7, 11) is 2.15. The van der Waals surface area contributed by atoms with Gasteiger partial charge in [-0.2, -0.15) is 0 Å². The van der Waals surface area contributed by atoms with Gasteiger partial charge in [-0.05, 0) is 43.2 Å². The summed E-state index contributed by atoms with van der Waals surface area (Å²) in [5.74, 6) is -0.884. The van der Waals surface area contributed by atoms with Gasteiger partial charge in [0, 0.05) is 31.1 Å². The summed E-state index contributed by atoms with van der Waals surface area (Å²) >= 11 is 0. The highest BCUT2D eigenvalue weighted by Gasteiger charge is 2.23. The molecule has 0 amide bonds. The van der Waals surface area contributed by atoms with E-state index in [1.165, 1.54) is 22.3 Å². The van der Waals surface area contributed by atoms with Gasteiger partial charge in [-0.1, -0.05) is 29.8 Å². The fourth-order valence-corrected chi connectivity index (χ4v) is 3.60. The number of hydrogen-bond donors (Lipinski definition) is 1. The van der Waals surface area contributed by atoms with Gasteiger partial charge in [-0.25, -0.2) is 4.79 Å². The van der Waals surface area contributed by atoms with Crippen molar-refractivity contribution in [3.05, 3.63) is 64.5 Å². The third kappa shape index (κ3) is 2.49. The maximum Gasteiger partial charge on any atom is 0.337 e. The monoisotopic (exact) mass is 320 g/mol. The van der Waals surface area contributed by atoms with Crippen LogP contribution < -0.4 is 0 Å². The normalized spacial score (nSPS) is 17.4. The second-order valence-electron chi connectivity index (χ2n) is 6.51. The van der Waals surface area contributed by atoms with Crippen LogP contribution >= 0.6 is 0 Å². The molecular weight excluding hydrogens is 300 g/mol. The number of piperidine rings is 1. The molecule has 1 aromatic carbocycles. The van der Waals surface area contributed by atoms with Crippen molar-refractivity contribution < 1.29 is 9.90 Å². The minimum absolute atomic E-state index is 0.333. The molecule has 24 heavy (non-hydrogen) atoms. The quantitative estimate of drug-likeness (QED) is 0.744. The Kier molecular flexibility index (Phi) is 3.62. The highest BCUT2D eigenvalue weighted by atomic mass is 16.4. The van der Waals surface area contributed by atoms with E-state index in [0.29, 0.717) is 5.56 Å². The van der Waals surface area contributed by atoms with Gasteiger partial charge in [0.15, 0.2) is 0 Å². The zero-order valence-corrected chi connectivity index (χ0v) is 13.7. The summed E-state index contributed by atoms with van der Waals surface area (Å²) in [6.07, 6.45) is 7.77. The molecule has 0 unspecified atom stereocenters. The Labute approximate surface area is 141 Å². The predicted molar refractivity (Wildman–Crippen MR) is 95.8 cm³/mol. The Hall–Kier alpha value is -2.59. The standard InChI is InChI=1S/C20H20N2O2/c1-21-9-6-15(7-10-21)19-17-5-3-2-4-14(17)8-11-22-13-16(20(23)24)12-18(19)22/h2-5,8,11-13H,6-7,9-10H2,1H3,(H,23,24). The highest BCUT2D eigenvalue weighted by Crippen LogP contribution is 2.37. The lowest BCUT2D eigenvalue weighted by Crippen LogP contribution is -2.27. The van der Waals surface area contributed by atoms with Crippen LogP contribution in [-0.2, 0) is 0 Å². The number of carbonyl (C=O) groups is 1. The smallest absolute Gasteiger partial charge is 0.337 e. The molecule has 2 aromatic rings. The SMILES string of the molecule is CN1CCC(=C2c3ccccc3C=Cn3cc(C(=O)O)cc32)CC1. The lowest BCUT2D eigenvalue weighted by atomic mass is 9.89. The molecule has 1 fully saturated rings. The topological polar surface area (TPSA) is 45.5 Å². The van der Waals surface area contributed by atoms with E-state index in [-0.39, 0.29) is 0 Å². The molecule has 0 bridgehead atoms. The van der Waals surface area contributed by atoms with E-state index in [0.717, 1.165) is 31.6 Å². The van der Waals surface area contributed by atoms with Crippen LogP contribution in [0.4, 0.5) is 0 Å². The number of aromatic carboxylic acids is 1. The molecule has 2 aliphatic rings. The second-order valence-corrected chi connectivity index (χ2v) is 6.51. The van der Waals surface area contributed by atoms with Gasteiger partial charge < -0.3 is 14.6 Å². The van der Waals surface area contributed by atoms with Crippen molar-refractivity contribution in [2.24, 2.45) is 0 Å². The molecule has 1 aromatic heterocycles. The van der Waals surface area contributed by atoms with Gasteiger partial charge in [0.25, 0.3) is 0 Å². The fraction of sp³-hybridized carbons (Fsp3) is 0.250. The predicted octanol–water partition coefficient (Wildman–Crippen LogP) is 3.66. The molecule has 0 saturated carbocycles. The first-order valence-corrected chi connectivity index (χ1v) is 8.27. The van der Waals surface area contributed by atoms with Crippen LogP contribution in [0.15, 0.2) is 42.1 Å². The maximum atomic E-state index is 11.4. The Bertz CT molecular complexity index is 864. The van der Waals surface area contributed by atoms with Gasteiger partial charge in [0.1, 0.15) is 0 Å². The fourth-order valence-electron chi connectivity index (χ4n) is 3.60. The molecule has 0 spiro atoms. The first kappa shape index (κ1) is 15.0. The average molecular weight is 320 g/mol. The Balaban J connectivity index is 1.95. The molecule has 122 valence electrons. The number of fused-ring (bicyclic) bond motifs is 2. The van der Waals surface area contributed by atoms with Crippen LogP contribution in [0.2, 0.25) is 0 Å². The van der Waals surface area contributed by atoms with Crippen molar-refractivity contribution in [3.63, 3.8) is 0 Å². The average Bonchev–Trinajstić information content (AvgIpc) is 2.94. The molecule has 1 saturated heterocycles. The van der Waals surface area contributed by atoms with Crippen molar-refractivity contribution in [2.45, 2.75) is 12.8 Å². The van der Waals surface area contributed by atoms with E-state index < -0.39 is 5.97 Å². The van der Waals surface area contributed by atoms with Crippen molar-refractivity contribution >= 4 is 23.8 Å². The van der Waals surface area contributed by atoms with Crippen LogP contribution in [0.1, 0.15) is 40.0 Å². The van der Waals surface area contributed by atoms with E-state index in [4.69, 9.17) is 0 Å². The van der Waals surface area contributed by atoms with Crippen LogP contribution in [-0.4, -0.2) is 40.7 Å². The minimum atomic E-state index is -0.884. The van der Waals surface area contributed by atoms with Crippen molar-refractivity contribution in [2.75, 3.05) is 20.1 Å². The third-order valence-electron chi connectivity index (χ3n) is 4.94. The molecule has 0 atom stereocenters. The number of likely N-dealkylation sites (tertiary alicyclic amines) is 1. The number of aromatic nitrogens is 1. The molecule has 2 aliphatic heterocycles. The molecule has 1 N–H and O–H groups in total. The molecular formula is C20H20N2O2. The van der Waals surface area contributed by atoms with Crippen molar-refractivity contribution in [3.8, 4) is 0 Å². The Morgan fingerprint density at radius 3 is 2.67 bits per heavy atom. The van der Waals surface area contributed by atoms with Crippen LogP contribution in [0.3, 0.4) is 0 Å². The molecule has 4 rings (SSSR count). The molecule has 0 radical (unpaired) electrons. The van der Waals surface area contributed by atoms with E-state index >= 15 is 0 Å². The zero-order valence-electron chi connectivity index (χ0n) is 13.7. The second kappa shape index (κ2) is 5.80. The molecule has 3 heterocycles. The summed E-state index contributed by atoms with van der Waals surface area (Å²) in [5, 5.41) is 9.37. The number of carboxylic acids is 1. The Morgan fingerprint density at radius 2 is 1.92 bits per heavy atom. The van der Waals surface area contributed by atoms with E-state index in [1.54, 1.807) is 12.3 Å². The number of hydrogen-bond acceptors (Lipinski definition) is 2. The van der Waals surface area contributed by atoms with Gasteiger partial charge >= 0.3 is 5.97 Å². The molecule has 4 heteroatoms. The number of benzene rings is 1. The van der Waals surface area contributed by atoms with E-state index in [2.05, 4.69) is 36.2 Å². The molecule has 4 nitrogen and oxygen atoms in total. The lowest BCUT2D eigenvalue weighted by Gasteiger charge is -2.27. The van der Waals surface area contributed by atoms with Crippen molar-refractivity contribution in [1.29, 1.82) is 0 Å². The summed E-state index contributed by atoms with van der Waals surface area (Å²) in [5.41, 5.74) is 6.31. The largest absolute Gasteiger partial charge is 0.478 e. The Morgan fingerprint density at radius 1 is 1.17 bits per heavy atom. The third-order valence-corrected chi connectivity index (χ3v) is 4.94. The van der Waals surface area contributed by atoms with Crippen molar-refractivity contribution in [1.82, 2.24) is 9.47 Å². The summed E-state index contributed by atoms with van der Waals surface area (Å²) < 4.78 is 1.95. The van der Waals surface area contributed by atoms with E-state index in [1.807, 2.05) is 16.8 Å². The van der Waals surface area contributed by atoms with Crippen LogP contribution in [0.5, 0.6) is 0 Å². The zero-order chi connectivity index (χ0) is 16.7. The van der Waals surface area contributed by atoms with Gasteiger partial charge in [-0.15, -0.1) is 0 Å². The van der Waals surface area contributed by atoms with Gasteiger partial charge in [-0.3, -0.25) is 0 Å². The number of carboxylic acid groups (broad SMARTS) is 1. The first-order chi connectivity index (χ1) is 11.6. The number of rotatable bonds is 1. The molecule has 0 aliphatic carbocycles. The van der Waals surface area contributed by atoms with Gasteiger partial charge in [0.05, 0.1) is 11.3 Å². The minimum Gasteiger partial charge on any atom is -0.478 e. The summed E-state index contributed by atoms with van der Waals surface area (Å²) in [6, 6.07) is 10.2. The van der Waals surface area contributed by atoms with E-state index in [9.17, 15) is 9.90 Å². The lowest BCUT2D eigenvalue weighted by molar-refractivity contribution is 0.0697. The van der Waals surface area contributed by atoms with Crippen LogP contribution in [0.25, 0.3) is 17.8 Å². The van der Waals surface area contributed by atoms with Crippen LogP contribution in [0, 0.1) is 0 Å². The van der Waals surface area contributed by atoms with Gasteiger partial charge in [0.2, 0.25) is 0 Å². The first-order valence-electron chi connectivity index (χ1n) is 8.27.